The number of hydrazine groups is 1. The molecule has 1 heterocycles. The number of hydrogen-bond acceptors (Lipinski definition) is 6. The fourth-order valence-electron chi connectivity index (χ4n) is 2.31. The molecule has 27 heavy (non-hydrogen) atoms. The average molecular weight is 388 g/mol. The van der Waals surface area contributed by atoms with E-state index in [0.29, 0.717) is 11.7 Å². The molecule has 0 spiro atoms. The molecule has 0 atom stereocenters. The molecule has 3 N–H and O–H groups in total. The molecule has 1 aromatic carbocycles. The topological polar surface area (TPSA) is 118 Å². The van der Waals surface area contributed by atoms with E-state index in [4.69, 9.17) is 0 Å². The molecule has 3 rings (SSSR count). The Morgan fingerprint density at radius 1 is 1.11 bits per heavy atom. The Morgan fingerprint density at radius 2 is 1.85 bits per heavy atom. The summed E-state index contributed by atoms with van der Waals surface area (Å²) in [5.41, 5.74) is 5.27. The van der Waals surface area contributed by atoms with Crippen LogP contribution in [0.15, 0.2) is 35.5 Å². The molecule has 0 saturated heterocycles. The lowest BCUT2D eigenvalue weighted by atomic mass is 10.2. The van der Waals surface area contributed by atoms with Gasteiger partial charge in [0, 0.05) is 18.2 Å². The molecule has 1 aromatic heterocycles. The van der Waals surface area contributed by atoms with Crippen LogP contribution in [0.3, 0.4) is 0 Å². The van der Waals surface area contributed by atoms with Crippen molar-refractivity contribution in [1.29, 1.82) is 0 Å². The van der Waals surface area contributed by atoms with E-state index in [1.54, 1.807) is 0 Å². The smallest absolute Gasteiger partial charge is 0.327 e. The van der Waals surface area contributed by atoms with Crippen molar-refractivity contribution in [3.05, 3.63) is 30.3 Å². The molecule has 1 fully saturated rings. The second kappa shape index (κ2) is 8.67. The Balaban J connectivity index is 1.50. The number of carbonyl (C=O) groups excluding carboxylic acids is 3. The van der Waals surface area contributed by atoms with E-state index in [1.807, 2.05) is 41.8 Å². The molecule has 9 nitrogen and oxygen atoms in total. The van der Waals surface area contributed by atoms with Crippen molar-refractivity contribution < 1.29 is 14.4 Å². The Kier molecular flexibility index (Phi) is 6.07. The number of nitrogens with one attached hydrogen (secondary N) is 3. The van der Waals surface area contributed by atoms with E-state index in [2.05, 4.69) is 26.4 Å². The van der Waals surface area contributed by atoms with E-state index in [9.17, 15) is 14.4 Å². The molecule has 1 aliphatic rings. The van der Waals surface area contributed by atoms with Crippen molar-refractivity contribution in [2.24, 2.45) is 0 Å². The summed E-state index contributed by atoms with van der Waals surface area (Å²) in [4.78, 5) is 35.0. The molecule has 0 radical (unpaired) electrons. The van der Waals surface area contributed by atoms with Crippen molar-refractivity contribution in [3.63, 3.8) is 0 Å². The summed E-state index contributed by atoms with van der Waals surface area (Å²) >= 11 is 1.20. The predicted octanol–water partition coefficient (Wildman–Crippen LogP) is 0.483. The maximum Gasteiger partial charge on any atom is 0.327 e. The van der Waals surface area contributed by atoms with Crippen LogP contribution < -0.4 is 16.2 Å². The lowest BCUT2D eigenvalue weighted by Gasteiger charge is -2.08. The summed E-state index contributed by atoms with van der Waals surface area (Å²) in [6.45, 7) is 2.62. The van der Waals surface area contributed by atoms with Crippen LogP contribution in [0.4, 0.5) is 0 Å². The first-order chi connectivity index (χ1) is 13.1. The Morgan fingerprint density at radius 3 is 2.52 bits per heavy atom. The Labute approximate surface area is 160 Å². The molecule has 1 aliphatic carbocycles. The van der Waals surface area contributed by atoms with Crippen molar-refractivity contribution in [1.82, 2.24) is 30.9 Å². The van der Waals surface area contributed by atoms with Gasteiger partial charge in [-0.05, 0) is 19.8 Å². The van der Waals surface area contributed by atoms with E-state index in [0.717, 1.165) is 24.2 Å². The zero-order chi connectivity index (χ0) is 19.2. The van der Waals surface area contributed by atoms with Gasteiger partial charge in [-0.3, -0.25) is 25.2 Å². The number of thioether (sulfide) groups is 1. The molecular weight excluding hydrogens is 368 g/mol. The number of aromatic nitrogens is 3. The van der Waals surface area contributed by atoms with Crippen molar-refractivity contribution in [3.8, 4) is 11.4 Å². The van der Waals surface area contributed by atoms with Crippen molar-refractivity contribution in [2.75, 3.05) is 5.75 Å². The minimum atomic E-state index is -0.886. The highest BCUT2D eigenvalue weighted by molar-refractivity contribution is 7.99. The first-order valence-corrected chi connectivity index (χ1v) is 9.58. The number of hydrogen-bond donors (Lipinski definition) is 3. The van der Waals surface area contributed by atoms with Gasteiger partial charge in [-0.1, -0.05) is 42.1 Å². The van der Waals surface area contributed by atoms with Gasteiger partial charge in [0.15, 0.2) is 11.0 Å². The quantitative estimate of drug-likeness (QED) is 0.376. The molecule has 10 heteroatoms. The normalized spacial score (nSPS) is 13.1. The van der Waals surface area contributed by atoms with Gasteiger partial charge in [0.2, 0.25) is 5.91 Å². The summed E-state index contributed by atoms with van der Waals surface area (Å²) in [5, 5.41) is 11.5. The molecular formula is C17H20N6O3S. The first kappa shape index (κ1) is 18.9. The van der Waals surface area contributed by atoms with Crippen LogP contribution in [0.2, 0.25) is 0 Å². The lowest BCUT2D eigenvalue weighted by molar-refractivity contribution is -0.140. The number of carbonyl (C=O) groups is 3. The SMILES string of the molecule is CCn1c(SCC(=O)NNC(=O)C(=O)NC2CC2)nnc1-c1ccccc1. The van der Waals surface area contributed by atoms with Crippen LogP contribution in [0, 0.1) is 0 Å². The lowest BCUT2D eigenvalue weighted by Crippen LogP contribution is -2.49. The van der Waals surface area contributed by atoms with Crippen LogP contribution in [0.25, 0.3) is 11.4 Å². The summed E-state index contributed by atoms with van der Waals surface area (Å²) in [7, 11) is 0. The zero-order valence-corrected chi connectivity index (χ0v) is 15.6. The number of nitrogens with zero attached hydrogens (tertiary/aromatic N) is 3. The standard InChI is InChI=1S/C17H20N6O3S/c1-2-23-14(11-6-4-3-5-7-11)20-22-17(23)27-10-13(24)19-21-16(26)15(25)18-12-8-9-12/h3-7,12H,2,8-10H2,1H3,(H,18,25)(H,19,24)(H,21,26). The minimum absolute atomic E-state index is 0.0252. The minimum Gasteiger partial charge on any atom is -0.345 e. The average Bonchev–Trinajstić information content (AvgIpc) is 3.40. The second-order valence-electron chi connectivity index (χ2n) is 5.96. The Bertz CT molecular complexity index is 834. The van der Waals surface area contributed by atoms with Gasteiger partial charge in [-0.15, -0.1) is 10.2 Å². The van der Waals surface area contributed by atoms with Gasteiger partial charge in [-0.2, -0.15) is 0 Å². The maximum atomic E-state index is 11.9. The maximum absolute atomic E-state index is 11.9. The van der Waals surface area contributed by atoms with E-state index >= 15 is 0 Å². The van der Waals surface area contributed by atoms with Gasteiger partial charge < -0.3 is 9.88 Å². The number of benzene rings is 1. The zero-order valence-electron chi connectivity index (χ0n) is 14.8. The number of amides is 3. The summed E-state index contributed by atoms with van der Waals surface area (Å²) in [6.07, 6.45) is 1.76. The highest BCUT2D eigenvalue weighted by Crippen LogP contribution is 2.23. The third-order valence-corrected chi connectivity index (χ3v) is 4.80. The fourth-order valence-corrected chi connectivity index (χ4v) is 3.11. The highest BCUT2D eigenvalue weighted by Gasteiger charge is 2.26. The van der Waals surface area contributed by atoms with Crippen LogP contribution >= 0.6 is 11.8 Å². The predicted molar refractivity (Wildman–Crippen MR) is 99.3 cm³/mol. The van der Waals surface area contributed by atoms with Gasteiger partial charge in [0.1, 0.15) is 0 Å². The van der Waals surface area contributed by atoms with Gasteiger partial charge in [0.25, 0.3) is 0 Å². The van der Waals surface area contributed by atoms with Gasteiger partial charge in [-0.25, -0.2) is 0 Å². The van der Waals surface area contributed by atoms with Crippen LogP contribution in [-0.4, -0.2) is 44.3 Å². The van der Waals surface area contributed by atoms with Gasteiger partial charge in [0.05, 0.1) is 5.75 Å². The number of rotatable bonds is 6. The molecule has 0 bridgehead atoms. The highest BCUT2D eigenvalue weighted by atomic mass is 32.2. The van der Waals surface area contributed by atoms with E-state index in [1.165, 1.54) is 11.8 Å². The van der Waals surface area contributed by atoms with Crippen LogP contribution in [-0.2, 0) is 20.9 Å². The van der Waals surface area contributed by atoms with Crippen LogP contribution in [0.1, 0.15) is 19.8 Å². The molecule has 142 valence electrons. The van der Waals surface area contributed by atoms with Gasteiger partial charge >= 0.3 is 11.8 Å². The second-order valence-corrected chi connectivity index (χ2v) is 6.90. The Hall–Kier alpha value is -2.88. The molecule has 0 aliphatic heterocycles. The molecule has 3 amide bonds. The fraction of sp³-hybridized carbons (Fsp3) is 0.353. The largest absolute Gasteiger partial charge is 0.345 e. The van der Waals surface area contributed by atoms with Crippen molar-refractivity contribution >= 4 is 29.5 Å². The van der Waals surface area contributed by atoms with E-state index in [-0.39, 0.29) is 11.8 Å². The van der Waals surface area contributed by atoms with Crippen molar-refractivity contribution in [2.45, 2.75) is 37.5 Å². The molecule has 0 unspecified atom stereocenters. The summed E-state index contributed by atoms with van der Waals surface area (Å²) in [5.74, 6) is -1.32. The first-order valence-electron chi connectivity index (χ1n) is 8.59. The summed E-state index contributed by atoms with van der Waals surface area (Å²) in [6, 6.07) is 9.74. The van der Waals surface area contributed by atoms with Crippen LogP contribution in [0.5, 0.6) is 0 Å². The monoisotopic (exact) mass is 388 g/mol. The summed E-state index contributed by atoms with van der Waals surface area (Å²) < 4.78 is 1.91. The molecule has 2 aromatic rings. The van der Waals surface area contributed by atoms with E-state index < -0.39 is 17.7 Å². The third-order valence-electron chi connectivity index (χ3n) is 3.83. The third kappa shape index (κ3) is 5.07. The molecule has 1 saturated carbocycles.